The van der Waals surface area contributed by atoms with Crippen molar-refractivity contribution in [2.45, 2.75) is 0 Å². The first-order chi connectivity index (χ1) is 1.91. The monoisotopic (exact) mass is 170 g/mol. The zero-order valence-electron chi connectivity index (χ0n) is 1.98. The quantitative estimate of drug-likeness (QED) is 0.317. The largest absolute Gasteiger partial charge is 0.389 e. The van der Waals surface area contributed by atoms with E-state index in [0.717, 1.165) is 0 Å². The maximum atomic E-state index is 4.73. The van der Waals surface area contributed by atoms with Crippen molar-refractivity contribution in [1.29, 1.82) is 0 Å². The fourth-order valence-corrected chi connectivity index (χ4v) is 0. The van der Waals surface area contributed by atoms with E-state index in [1.807, 2.05) is 0 Å². The number of nitrogens with zero attached hydrogens (tertiary/aromatic N) is 1. The van der Waals surface area contributed by atoms with E-state index >= 15 is 0 Å². The van der Waals surface area contributed by atoms with Gasteiger partial charge in [-0.25, -0.2) is 3.21 Å². The maximum Gasteiger partial charge on any atom is 0.0921 e. The Kier molecular flexibility index (Phi) is 3.36. The molecule has 0 aliphatic heterocycles. The molecule has 2 N–H and O–H groups in total. The minimum absolute atomic E-state index is 1.24. The minimum Gasteiger partial charge on any atom is -0.389 e. The summed E-state index contributed by atoms with van der Waals surface area (Å²) < 4.78 is 3.36. The lowest BCUT2D eigenvalue weighted by Gasteiger charge is -1.52. The molecule has 0 bridgehead atoms. The molecule has 0 amide bonds. The zero-order valence-corrected chi connectivity index (χ0v) is 4.14. The van der Waals surface area contributed by atoms with Crippen LogP contribution in [0.25, 0.3) is 0 Å². The first kappa shape index (κ1) is 4.20. The van der Waals surface area contributed by atoms with Crippen LogP contribution in [0.2, 0.25) is 0 Å². The smallest absolute Gasteiger partial charge is 0.0921 e. The third kappa shape index (κ3) is 2.20. The van der Waals surface area contributed by atoms with Gasteiger partial charge in [0.2, 0.25) is 0 Å². The first-order valence-electron chi connectivity index (χ1n) is 0.761. The average Bonchev–Trinajstić information content (AvgIpc) is 1.37. The van der Waals surface area contributed by atoms with Gasteiger partial charge in [0.15, 0.2) is 0 Å². The van der Waals surface area contributed by atoms with Crippen LogP contribution in [0.15, 0.2) is 3.21 Å². The Hall–Kier alpha value is 0.200. The van der Waals surface area contributed by atoms with E-state index in [1.165, 1.54) is 6.34 Å². The van der Waals surface area contributed by atoms with E-state index in [9.17, 15) is 0 Å². The summed E-state index contributed by atoms with van der Waals surface area (Å²) in [5.74, 6) is 0. The Morgan fingerprint density at radius 2 is 2.25 bits per heavy atom. The minimum atomic E-state index is 1.24. The van der Waals surface area contributed by atoms with E-state index in [-0.39, 0.29) is 0 Å². The second kappa shape index (κ2) is 3.20. The Balaban J connectivity index is 2.55. The lowest BCUT2D eigenvalue weighted by molar-refractivity contribution is 1.82. The second-order valence-corrected chi connectivity index (χ2v) is 0.804. The maximum absolute atomic E-state index is 4.73. The third-order valence-corrected chi connectivity index (χ3v) is 0.378. The summed E-state index contributed by atoms with van der Waals surface area (Å²) >= 11 is 1.80. The standard InChI is InChI=1S/CH3IN2/c2-4-1-3/h1H,(H2,3,4). The van der Waals surface area contributed by atoms with Crippen LogP contribution in [0.5, 0.6) is 0 Å². The van der Waals surface area contributed by atoms with Gasteiger partial charge in [0.25, 0.3) is 0 Å². The van der Waals surface area contributed by atoms with Crippen molar-refractivity contribution in [3.05, 3.63) is 0 Å². The van der Waals surface area contributed by atoms with E-state index in [0.29, 0.717) is 0 Å². The zero-order chi connectivity index (χ0) is 3.41. The molecule has 0 aliphatic carbocycles. The summed E-state index contributed by atoms with van der Waals surface area (Å²) in [5, 5.41) is 0. The first-order valence-corrected chi connectivity index (χ1v) is 1.73. The van der Waals surface area contributed by atoms with Gasteiger partial charge < -0.3 is 5.73 Å². The summed E-state index contributed by atoms with van der Waals surface area (Å²) in [5.41, 5.74) is 4.73. The molecule has 0 aromatic rings. The van der Waals surface area contributed by atoms with Crippen molar-refractivity contribution >= 4 is 29.2 Å². The van der Waals surface area contributed by atoms with Gasteiger partial charge >= 0.3 is 0 Å². The normalized spacial score (nSPS) is 9.25. The van der Waals surface area contributed by atoms with Crippen molar-refractivity contribution in [3.8, 4) is 0 Å². The number of hydrogen-bond donors (Lipinski definition) is 1. The van der Waals surface area contributed by atoms with Gasteiger partial charge in [-0.2, -0.15) is 0 Å². The molecule has 24 valence electrons. The van der Waals surface area contributed by atoms with Gasteiger partial charge in [0.05, 0.1) is 29.2 Å². The molecular formula is CH3IN2. The van der Waals surface area contributed by atoms with Gasteiger partial charge in [-0.3, -0.25) is 0 Å². The molecule has 0 spiro atoms. The molecule has 0 saturated carbocycles. The van der Waals surface area contributed by atoms with E-state index < -0.39 is 0 Å². The van der Waals surface area contributed by atoms with Gasteiger partial charge in [0, 0.05) is 0 Å². The predicted molar refractivity (Wildman–Crippen MR) is 26.7 cm³/mol. The summed E-state index contributed by atoms with van der Waals surface area (Å²) in [7, 11) is 0. The van der Waals surface area contributed by atoms with Crippen LogP contribution in [-0.2, 0) is 0 Å². The summed E-state index contributed by atoms with van der Waals surface area (Å²) in [4.78, 5) is 0. The number of rotatable bonds is 0. The van der Waals surface area contributed by atoms with Crippen molar-refractivity contribution in [3.63, 3.8) is 0 Å². The highest BCUT2D eigenvalue weighted by molar-refractivity contribution is 14.1. The highest BCUT2D eigenvalue weighted by Gasteiger charge is 1.34. The fourth-order valence-electron chi connectivity index (χ4n) is 0. The van der Waals surface area contributed by atoms with E-state index in [2.05, 4.69) is 3.21 Å². The van der Waals surface area contributed by atoms with Crippen LogP contribution in [0, 0.1) is 0 Å². The van der Waals surface area contributed by atoms with Gasteiger partial charge in [0.1, 0.15) is 0 Å². The summed E-state index contributed by atoms with van der Waals surface area (Å²) in [6.07, 6.45) is 1.24. The molecular weight excluding hydrogens is 167 g/mol. The molecule has 0 heterocycles. The van der Waals surface area contributed by atoms with E-state index in [4.69, 9.17) is 5.73 Å². The Morgan fingerprint density at radius 3 is 2.25 bits per heavy atom. The van der Waals surface area contributed by atoms with Crippen molar-refractivity contribution in [2.24, 2.45) is 8.94 Å². The summed E-state index contributed by atoms with van der Waals surface area (Å²) in [6.45, 7) is 0. The van der Waals surface area contributed by atoms with E-state index in [1.54, 1.807) is 22.9 Å². The predicted octanol–water partition coefficient (Wildman–Crippen LogP) is 0.323. The van der Waals surface area contributed by atoms with Crippen LogP contribution < -0.4 is 5.73 Å². The number of nitrogens with two attached hydrogens (primary N) is 1. The molecule has 0 aromatic carbocycles. The van der Waals surface area contributed by atoms with Gasteiger partial charge in [-0.1, -0.05) is 0 Å². The molecule has 3 heteroatoms. The number of halogens is 1. The van der Waals surface area contributed by atoms with Crippen LogP contribution in [0.4, 0.5) is 0 Å². The molecule has 0 unspecified atom stereocenters. The Bertz CT molecular complexity index is 21.2. The Morgan fingerprint density at radius 1 is 2.00 bits per heavy atom. The fraction of sp³-hybridized carbons (Fsp3) is 0. The SMILES string of the molecule is NC=NI. The van der Waals surface area contributed by atoms with Crippen LogP contribution in [0.1, 0.15) is 0 Å². The highest BCUT2D eigenvalue weighted by Crippen LogP contribution is 1.71. The molecule has 0 aliphatic rings. The van der Waals surface area contributed by atoms with Gasteiger partial charge in [-0.05, 0) is 0 Å². The van der Waals surface area contributed by atoms with Crippen LogP contribution in [0.3, 0.4) is 0 Å². The molecule has 0 fully saturated rings. The Labute approximate surface area is 38.6 Å². The molecule has 0 saturated heterocycles. The van der Waals surface area contributed by atoms with Crippen LogP contribution in [-0.4, -0.2) is 6.34 Å². The highest BCUT2D eigenvalue weighted by atomic mass is 127. The summed E-state index contributed by atoms with van der Waals surface area (Å²) in [6, 6.07) is 0. The molecule has 4 heavy (non-hydrogen) atoms. The average molecular weight is 170 g/mol. The van der Waals surface area contributed by atoms with Crippen molar-refractivity contribution in [2.75, 3.05) is 0 Å². The lowest BCUT2D eigenvalue weighted by atomic mass is 11.4. The molecule has 0 rings (SSSR count). The number of hydrogen-bond acceptors (Lipinski definition) is 1. The molecule has 0 radical (unpaired) electrons. The van der Waals surface area contributed by atoms with Crippen LogP contribution >= 0.6 is 22.9 Å². The third-order valence-electron chi connectivity index (χ3n) is 0.0563. The lowest BCUT2D eigenvalue weighted by Crippen LogP contribution is -1.82. The molecule has 0 atom stereocenters. The second-order valence-electron chi connectivity index (χ2n) is 0.247. The molecule has 0 aromatic heterocycles. The van der Waals surface area contributed by atoms with Crippen molar-refractivity contribution in [1.82, 2.24) is 0 Å². The topological polar surface area (TPSA) is 38.4 Å². The molecule has 2 nitrogen and oxygen atoms in total. The van der Waals surface area contributed by atoms with Gasteiger partial charge in [-0.15, -0.1) is 0 Å². The van der Waals surface area contributed by atoms with Crippen molar-refractivity contribution < 1.29 is 0 Å².